The van der Waals surface area contributed by atoms with Gasteiger partial charge >= 0.3 is 12.1 Å². The maximum atomic E-state index is 13.0. The molecular formula is C16H15F3N4O3. The zero-order chi connectivity index (χ0) is 19.5. The SMILES string of the molecule is CCOC(=O)C1=NNC(C)(C(=O)Nc2ccc(C#N)c(C(F)(F)F)c2)C1. The van der Waals surface area contributed by atoms with Crippen molar-refractivity contribution >= 4 is 23.3 Å². The molecule has 0 aliphatic carbocycles. The van der Waals surface area contributed by atoms with Gasteiger partial charge in [0, 0.05) is 12.1 Å². The van der Waals surface area contributed by atoms with Gasteiger partial charge in [0.1, 0.15) is 11.3 Å². The van der Waals surface area contributed by atoms with E-state index in [1.807, 2.05) is 0 Å². The Bertz CT molecular complexity index is 814. The summed E-state index contributed by atoms with van der Waals surface area (Å²) in [5, 5.41) is 14.9. The summed E-state index contributed by atoms with van der Waals surface area (Å²) >= 11 is 0. The highest BCUT2D eigenvalue weighted by atomic mass is 19.4. The minimum atomic E-state index is -4.73. The molecule has 1 heterocycles. The predicted octanol–water partition coefficient (Wildman–Crippen LogP) is 2.19. The lowest BCUT2D eigenvalue weighted by Crippen LogP contribution is -2.48. The molecule has 2 rings (SSSR count). The van der Waals surface area contributed by atoms with Gasteiger partial charge in [0.25, 0.3) is 5.91 Å². The average Bonchev–Trinajstić information content (AvgIpc) is 2.98. The molecule has 138 valence electrons. The van der Waals surface area contributed by atoms with Crippen LogP contribution in [0, 0.1) is 11.3 Å². The molecule has 1 amide bonds. The summed E-state index contributed by atoms with van der Waals surface area (Å²) in [5.41, 5.74) is -0.626. The summed E-state index contributed by atoms with van der Waals surface area (Å²) < 4.78 is 43.8. The molecule has 1 atom stereocenters. The highest BCUT2D eigenvalue weighted by molar-refractivity contribution is 6.38. The number of esters is 1. The smallest absolute Gasteiger partial charge is 0.417 e. The van der Waals surface area contributed by atoms with Gasteiger partial charge in [0.05, 0.1) is 23.8 Å². The Kier molecular flexibility index (Phi) is 5.20. The van der Waals surface area contributed by atoms with Gasteiger partial charge < -0.3 is 10.1 Å². The number of ether oxygens (including phenoxy) is 1. The van der Waals surface area contributed by atoms with E-state index in [9.17, 15) is 22.8 Å². The Morgan fingerprint density at radius 2 is 2.15 bits per heavy atom. The van der Waals surface area contributed by atoms with E-state index in [-0.39, 0.29) is 24.4 Å². The number of halogens is 3. The van der Waals surface area contributed by atoms with E-state index in [1.54, 1.807) is 6.92 Å². The number of rotatable bonds is 4. The maximum absolute atomic E-state index is 13.0. The topological polar surface area (TPSA) is 104 Å². The molecule has 26 heavy (non-hydrogen) atoms. The number of hydrogen-bond acceptors (Lipinski definition) is 6. The number of carbonyl (C=O) groups excluding carboxylic acids is 2. The van der Waals surface area contributed by atoms with Gasteiger partial charge in [-0.05, 0) is 32.0 Å². The van der Waals surface area contributed by atoms with Crippen molar-refractivity contribution in [3.8, 4) is 6.07 Å². The zero-order valence-electron chi connectivity index (χ0n) is 13.9. The molecule has 2 N–H and O–H groups in total. The van der Waals surface area contributed by atoms with Crippen molar-refractivity contribution in [3.63, 3.8) is 0 Å². The Morgan fingerprint density at radius 3 is 2.73 bits per heavy atom. The normalized spacial score (nSPS) is 19.2. The van der Waals surface area contributed by atoms with Crippen LogP contribution >= 0.6 is 0 Å². The summed E-state index contributed by atoms with van der Waals surface area (Å²) in [7, 11) is 0. The van der Waals surface area contributed by atoms with Crippen LogP contribution in [0.2, 0.25) is 0 Å². The van der Waals surface area contributed by atoms with E-state index >= 15 is 0 Å². The van der Waals surface area contributed by atoms with Gasteiger partial charge in [-0.25, -0.2) is 4.79 Å². The minimum Gasteiger partial charge on any atom is -0.461 e. The van der Waals surface area contributed by atoms with Crippen molar-refractivity contribution in [3.05, 3.63) is 29.3 Å². The second-order valence-electron chi connectivity index (χ2n) is 5.72. The van der Waals surface area contributed by atoms with Gasteiger partial charge in [-0.15, -0.1) is 0 Å². The van der Waals surface area contributed by atoms with Crippen LogP contribution in [0.3, 0.4) is 0 Å². The van der Waals surface area contributed by atoms with Crippen LogP contribution in [-0.2, 0) is 20.5 Å². The quantitative estimate of drug-likeness (QED) is 0.793. The first-order valence-electron chi connectivity index (χ1n) is 7.54. The summed E-state index contributed by atoms with van der Waals surface area (Å²) in [5.74, 6) is -1.35. The molecule has 0 saturated heterocycles. The van der Waals surface area contributed by atoms with Gasteiger partial charge in [0.2, 0.25) is 0 Å². The number of nitrogens with one attached hydrogen (secondary N) is 2. The van der Waals surface area contributed by atoms with E-state index in [4.69, 9.17) is 10.00 Å². The van der Waals surface area contributed by atoms with Crippen LogP contribution in [0.15, 0.2) is 23.3 Å². The van der Waals surface area contributed by atoms with Crippen molar-refractivity contribution in [2.45, 2.75) is 32.0 Å². The van der Waals surface area contributed by atoms with Crippen LogP contribution in [0.4, 0.5) is 18.9 Å². The first kappa shape index (κ1) is 19.2. The van der Waals surface area contributed by atoms with Crippen LogP contribution in [0.5, 0.6) is 0 Å². The second-order valence-corrected chi connectivity index (χ2v) is 5.72. The van der Waals surface area contributed by atoms with Gasteiger partial charge in [-0.1, -0.05) is 0 Å². The Hall–Kier alpha value is -3.09. The molecule has 1 aliphatic rings. The highest BCUT2D eigenvalue weighted by Gasteiger charge is 2.41. The fourth-order valence-corrected chi connectivity index (χ4v) is 2.29. The Morgan fingerprint density at radius 1 is 1.46 bits per heavy atom. The number of carbonyl (C=O) groups is 2. The van der Waals surface area contributed by atoms with Crippen LogP contribution in [0.1, 0.15) is 31.4 Å². The molecule has 1 aromatic carbocycles. The second kappa shape index (κ2) is 7.03. The van der Waals surface area contributed by atoms with Crippen molar-refractivity contribution in [1.82, 2.24) is 5.43 Å². The number of alkyl halides is 3. The van der Waals surface area contributed by atoms with E-state index in [0.29, 0.717) is 6.07 Å². The van der Waals surface area contributed by atoms with Crippen molar-refractivity contribution < 1.29 is 27.5 Å². The summed E-state index contributed by atoms with van der Waals surface area (Å²) in [4.78, 5) is 24.1. The van der Waals surface area contributed by atoms with Crippen molar-refractivity contribution in [2.75, 3.05) is 11.9 Å². The molecular weight excluding hydrogens is 353 g/mol. The largest absolute Gasteiger partial charge is 0.461 e. The summed E-state index contributed by atoms with van der Waals surface area (Å²) in [6.45, 7) is 3.22. The number of amides is 1. The Balaban J connectivity index is 2.16. The zero-order valence-corrected chi connectivity index (χ0v) is 13.9. The fraction of sp³-hybridized carbons (Fsp3) is 0.375. The third kappa shape index (κ3) is 3.93. The maximum Gasteiger partial charge on any atom is 0.417 e. The lowest BCUT2D eigenvalue weighted by atomic mass is 9.95. The lowest BCUT2D eigenvalue weighted by molar-refractivity contribution is -0.138. The van der Waals surface area contributed by atoms with Crippen molar-refractivity contribution in [1.29, 1.82) is 5.26 Å². The lowest BCUT2D eigenvalue weighted by Gasteiger charge is -2.22. The third-order valence-electron chi connectivity index (χ3n) is 3.67. The van der Waals surface area contributed by atoms with E-state index in [1.165, 1.54) is 19.1 Å². The molecule has 10 heteroatoms. The number of nitriles is 1. The molecule has 0 fully saturated rings. The summed E-state index contributed by atoms with van der Waals surface area (Å²) in [6, 6.07) is 4.31. The Labute approximate surface area is 146 Å². The van der Waals surface area contributed by atoms with E-state index in [0.717, 1.165) is 6.07 Å². The number of anilines is 1. The predicted molar refractivity (Wildman–Crippen MR) is 85.0 cm³/mol. The van der Waals surface area contributed by atoms with Crippen LogP contribution in [-0.4, -0.2) is 29.7 Å². The van der Waals surface area contributed by atoms with Gasteiger partial charge in [-0.3, -0.25) is 10.2 Å². The van der Waals surface area contributed by atoms with E-state index in [2.05, 4.69) is 15.8 Å². The number of benzene rings is 1. The fourth-order valence-electron chi connectivity index (χ4n) is 2.29. The number of hydrogen-bond donors (Lipinski definition) is 2. The standard InChI is InChI=1S/C16H15F3N4O3/c1-3-26-13(24)12-7-15(2,23-22-12)14(25)21-10-5-4-9(8-20)11(6-10)16(17,18)19/h4-6,23H,3,7H2,1-2H3,(H,21,25). The first-order valence-corrected chi connectivity index (χ1v) is 7.54. The molecule has 0 saturated carbocycles. The average molecular weight is 368 g/mol. The van der Waals surface area contributed by atoms with Crippen molar-refractivity contribution in [2.24, 2.45) is 5.10 Å². The van der Waals surface area contributed by atoms with Gasteiger partial charge in [-0.2, -0.15) is 23.5 Å². The molecule has 0 radical (unpaired) electrons. The highest BCUT2D eigenvalue weighted by Crippen LogP contribution is 2.33. The molecule has 0 bridgehead atoms. The number of nitrogens with zero attached hydrogens (tertiary/aromatic N) is 2. The summed E-state index contributed by atoms with van der Waals surface area (Å²) in [6.07, 6.45) is -4.82. The number of hydrazone groups is 1. The molecule has 7 nitrogen and oxygen atoms in total. The van der Waals surface area contributed by atoms with Crippen LogP contribution < -0.4 is 10.7 Å². The third-order valence-corrected chi connectivity index (χ3v) is 3.67. The van der Waals surface area contributed by atoms with E-state index < -0.39 is 34.7 Å². The van der Waals surface area contributed by atoms with Gasteiger partial charge in [0.15, 0.2) is 0 Å². The minimum absolute atomic E-state index is 0.0142. The molecule has 1 aliphatic heterocycles. The molecule has 0 aromatic heterocycles. The molecule has 0 spiro atoms. The molecule has 1 aromatic rings. The monoisotopic (exact) mass is 368 g/mol. The first-order chi connectivity index (χ1) is 12.1. The van der Waals surface area contributed by atoms with Crippen LogP contribution in [0.25, 0.3) is 0 Å². The molecule has 1 unspecified atom stereocenters.